The number of hydrogen-bond acceptors (Lipinski definition) is 6. The van der Waals surface area contributed by atoms with Crippen molar-refractivity contribution in [2.75, 3.05) is 13.2 Å². The SMILES string of the molecule is CC(C)CCCCCCCCCCCCCCCCCCCCC(=O)O[C@@H](COC(=O)CCCCCCCCCCCCCCCCCC(C)C)COC(=O)CCCCCCCCCCCC(C)C. The zero-order valence-corrected chi connectivity index (χ0v) is 47.6. The minimum absolute atomic E-state index is 0.0631. The first-order valence-corrected chi connectivity index (χ1v) is 31.1. The fraction of sp³-hybridized carbons (Fsp3) is 0.952. The molecule has 0 bridgehead atoms. The van der Waals surface area contributed by atoms with E-state index >= 15 is 0 Å². The molecular formula is C63H122O6. The molecule has 6 nitrogen and oxygen atoms in total. The average molecular weight is 976 g/mol. The minimum Gasteiger partial charge on any atom is -0.462 e. The molecule has 0 saturated carbocycles. The van der Waals surface area contributed by atoms with Crippen LogP contribution in [0.3, 0.4) is 0 Å². The lowest BCUT2D eigenvalue weighted by molar-refractivity contribution is -0.167. The summed E-state index contributed by atoms with van der Waals surface area (Å²) in [6.07, 6.45) is 58.2. The van der Waals surface area contributed by atoms with Gasteiger partial charge in [-0.2, -0.15) is 0 Å². The smallest absolute Gasteiger partial charge is 0.306 e. The second-order valence-electron chi connectivity index (χ2n) is 23.1. The van der Waals surface area contributed by atoms with Gasteiger partial charge in [0, 0.05) is 19.3 Å². The summed E-state index contributed by atoms with van der Waals surface area (Å²) in [6.45, 7) is 13.8. The van der Waals surface area contributed by atoms with Crippen LogP contribution in [0.15, 0.2) is 0 Å². The van der Waals surface area contributed by atoms with Crippen molar-refractivity contribution in [2.45, 2.75) is 356 Å². The molecule has 6 heteroatoms. The summed E-state index contributed by atoms with van der Waals surface area (Å²) in [5.74, 6) is 1.68. The summed E-state index contributed by atoms with van der Waals surface area (Å²) in [5.41, 5.74) is 0. The van der Waals surface area contributed by atoms with E-state index in [0.717, 1.165) is 75.5 Å². The van der Waals surface area contributed by atoms with Gasteiger partial charge in [-0.05, 0) is 37.0 Å². The van der Waals surface area contributed by atoms with Crippen LogP contribution in [0.1, 0.15) is 350 Å². The maximum Gasteiger partial charge on any atom is 0.306 e. The lowest BCUT2D eigenvalue weighted by Crippen LogP contribution is -2.30. The van der Waals surface area contributed by atoms with Crippen LogP contribution in [0.25, 0.3) is 0 Å². The molecule has 0 spiro atoms. The van der Waals surface area contributed by atoms with Gasteiger partial charge in [-0.25, -0.2) is 0 Å². The summed E-state index contributed by atoms with van der Waals surface area (Å²) in [6, 6.07) is 0. The lowest BCUT2D eigenvalue weighted by Gasteiger charge is -2.18. The van der Waals surface area contributed by atoms with Gasteiger partial charge in [0.15, 0.2) is 6.10 Å². The summed E-state index contributed by atoms with van der Waals surface area (Å²) in [7, 11) is 0. The minimum atomic E-state index is -0.764. The van der Waals surface area contributed by atoms with Gasteiger partial charge in [0.1, 0.15) is 13.2 Å². The molecule has 0 aromatic rings. The zero-order chi connectivity index (χ0) is 50.5. The van der Waals surface area contributed by atoms with Crippen molar-refractivity contribution in [1.29, 1.82) is 0 Å². The first-order chi connectivity index (χ1) is 33.6. The van der Waals surface area contributed by atoms with Crippen LogP contribution in [0, 0.1) is 17.8 Å². The Bertz CT molecular complexity index is 1070. The molecule has 0 aliphatic rings. The Balaban J connectivity index is 4.25. The van der Waals surface area contributed by atoms with Crippen molar-refractivity contribution in [3.63, 3.8) is 0 Å². The van der Waals surface area contributed by atoms with Crippen molar-refractivity contribution in [3.05, 3.63) is 0 Å². The Morgan fingerprint density at radius 1 is 0.246 bits per heavy atom. The largest absolute Gasteiger partial charge is 0.462 e. The van der Waals surface area contributed by atoms with Crippen molar-refractivity contribution in [3.8, 4) is 0 Å². The highest BCUT2D eigenvalue weighted by Crippen LogP contribution is 2.19. The van der Waals surface area contributed by atoms with Gasteiger partial charge in [0.2, 0.25) is 0 Å². The molecule has 0 radical (unpaired) electrons. The molecule has 0 aliphatic carbocycles. The van der Waals surface area contributed by atoms with E-state index in [9.17, 15) is 14.4 Å². The summed E-state index contributed by atoms with van der Waals surface area (Å²) in [4.78, 5) is 38.2. The summed E-state index contributed by atoms with van der Waals surface area (Å²) >= 11 is 0. The van der Waals surface area contributed by atoms with E-state index in [0.29, 0.717) is 19.3 Å². The van der Waals surface area contributed by atoms with E-state index in [2.05, 4.69) is 41.5 Å². The molecule has 0 aliphatic heterocycles. The quantitative estimate of drug-likeness (QED) is 0.0343. The number of ether oxygens (including phenoxy) is 3. The summed E-state index contributed by atoms with van der Waals surface area (Å²) in [5, 5.41) is 0. The Hall–Kier alpha value is -1.59. The number of hydrogen-bond donors (Lipinski definition) is 0. The van der Waals surface area contributed by atoms with Crippen LogP contribution in [0.5, 0.6) is 0 Å². The van der Waals surface area contributed by atoms with Gasteiger partial charge in [-0.15, -0.1) is 0 Å². The number of esters is 3. The van der Waals surface area contributed by atoms with Crippen molar-refractivity contribution < 1.29 is 28.6 Å². The molecule has 0 aromatic heterocycles. The van der Waals surface area contributed by atoms with Gasteiger partial charge in [0.05, 0.1) is 0 Å². The van der Waals surface area contributed by atoms with E-state index in [4.69, 9.17) is 14.2 Å². The maximum absolute atomic E-state index is 12.9. The van der Waals surface area contributed by atoms with Gasteiger partial charge in [0.25, 0.3) is 0 Å². The second kappa shape index (κ2) is 54.2. The van der Waals surface area contributed by atoms with Crippen molar-refractivity contribution >= 4 is 17.9 Å². The molecule has 0 heterocycles. The molecule has 0 amide bonds. The van der Waals surface area contributed by atoms with Crippen LogP contribution in [-0.2, 0) is 28.6 Å². The van der Waals surface area contributed by atoms with Crippen LogP contribution in [0.4, 0.5) is 0 Å². The molecule has 1 atom stereocenters. The second-order valence-corrected chi connectivity index (χ2v) is 23.1. The lowest BCUT2D eigenvalue weighted by atomic mass is 10.0. The highest BCUT2D eigenvalue weighted by atomic mass is 16.6. The Morgan fingerprint density at radius 2 is 0.420 bits per heavy atom. The van der Waals surface area contributed by atoms with Gasteiger partial charge in [-0.3, -0.25) is 14.4 Å². The molecule has 69 heavy (non-hydrogen) atoms. The highest BCUT2D eigenvalue weighted by Gasteiger charge is 2.19. The van der Waals surface area contributed by atoms with Crippen molar-refractivity contribution in [1.82, 2.24) is 0 Å². The first kappa shape index (κ1) is 67.4. The average Bonchev–Trinajstić information content (AvgIpc) is 3.31. The van der Waals surface area contributed by atoms with E-state index in [1.54, 1.807) is 0 Å². The van der Waals surface area contributed by atoms with Crippen molar-refractivity contribution in [2.24, 2.45) is 17.8 Å². The third kappa shape index (κ3) is 57.2. The first-order valence-electron chi connectivity index (χ1n) is 31.1. The van der Waals surface area contributed by atoms with Gasteiger partial charge < -0.3 is 14.2 Å². The third-order valence-electron chi connectivity index (χ3n) is 14.4. The number of unbranched alkanes of at least 4 members (excludes halogenated alkanes) is 39. The predicted octanol–water partition coefficient (Wildman–Crippen LogP) is 20.7. The number of carbonyl (C=O) groups is 3. The van der Waals surface area contributed by atoms with Crippen LogP contribution in [0.2, 0.25) is 0 Å². The van der Waals surface area contributed by atoms with Crippen LogP contribution in [-0.4, -0.2) is 37.2 Å². The normalized spacial score (nSPS) is 12.1. The van der Waals surface area contributed by atoms with Crippen LogP contribution < -0.4 is 0 Å². The molecule has 0 N–H and O–H groups in total. The number of carbonyl (C=O) groups excluding carboxylic acids is 3. The zero-order valence-electron chi connectivity index (χ0n) is 47.6. The monoisotopic (exact) mass is 975 g/mol. The third-order valence-corrected chi connectivity index (χ3v) is 14.4. The fourth-order valence-corrected chi connectivity index (χ4v) is 9.71. The predicted molar refractivity (Wildman–Crippen MR) is 298 cm³/mol. The number of rotatable bonds is 56. The molecule has 410 valence electrons. The van der Waals surface area contributed by atoms with Gasteiger partial charge in [-0.1, -0.05) is 311 Å². The highest BCUT2D eigenvalue weighted by molar-refractivity contribution is 5.71. The molecule has 0 aromatic carbocycles. The molecular weight excluding hydrogens is 853 g/mol. The van der Waals surface area contributed by atoms with E-state index in [1.807, 2.05) is 0 Å². The molecule has 0 rings (SSSR count). The maximum atomic E-state index is 12.9. The molecule has 0 fully saturated rings. The van der Waals surface area contributed by atoms with Gasteiger partial charge >= 0.3 is 17.9 Å². The molecule has 0 saturated heterocycles. The van der Waals surface area contributed by atoms with E-state index in [-0.39, 0.29) is 31.1 Å². The Kier molecular flexibility index (Phi) is 52.9. The Labute approximate surface area is 431 Å². The van der Waals surface area contributed by atoms with Crippen LogP contribution >= 0.6 is 0 Å². The topological polar surface area (TPSA) is 78.9 Å². The standard InChI is InChI=1S/C63H122O6/c1-57(2)49-43-37-31-25-20-16-12-9-7-8-10-14-19-23-29-36-42-48-54-63(66)69-60(56-68-62(65)53-47-41-35-30-24-27-33-39-45-51-59(5)6)55-67-61(64)52-46-40-34-28-22-18-15-11-13-17-21-26-32-38-44-50-58(3)4/h57-60H,7-56H2,1-6H3/t60-/m0/s1. The van der Waals surface area contributed by atoms with E-state index < -0.39 is 6.10 Å². The molecule has 0 unspecified atom stereocenters. The fourth-order valence-electron chi connectivity index (χ4n) is 9.71. The summed E-state index contributed by atoms with van der Waals surface area (Å²) < 4.78 is 16.9. The Morgan fingerprint density at radius 3 is 0.623 bits per heavy atom. The van der Waals surface area contributed by atoms with E-state index in [1.165, 1.54) is 231 Å².